The molecule has 1 unspecified atom stereocenters. The molecule has 2 saturated heterocycles. The Morgan fingerprint density at radius 3 is 3.00 bits per heavy atom. The fourth-order valence-corrected chi connectivity index (χ4v) is 3.10. The van der Waals surface area contributed by atoms with Crippen LogP contribution in [0.1, 0.15) is 24.2 Å². The number of nitrogens with zero attached hydrogens (tertiary/aromatic N) is 4. The Balaban J connectivity index is 1.60. The van der Waals surface area contributed by atoms with Gasteiger partial charge in [-0.15, -0.1) is 0 Å². The van der Waals surface area contributed by atoms with Gasteiger partial charge in [0.15, 0.2) is 5.82 Å². The highest BCUT2D eigenvalue weighted by Crippen LogP contribution is 2.23. The zero-order chi connectivity index (χ0) is 14.8. The summed E-state index contributed by atoms with van der Waals surface area (Å²) >= 11 is 0. The minimum Gasteiger partial charge on any atom is -0.380 e. The van der Waals surface area contributed by atoms with Gasteiger partial charge in [-0.3, -0.25) is 0 Å². The van der Waals surface area contributed by atoms with Crippen LogP contribution in [0.15, 0.2) is 4.52 Å². The van der Waals surface area contributed by atoms with Gasteiger partial charge in [-0.1, -0.05) is 5.16 Å². The van der Waals surface area contributed by atoms with Gasteiger partial charge in [0.2, 0.25) is 5.89 Å². The summed E-state index contributed by atoms with van der Waals surface area (Å²) in [5.41, 5.74) is 0. The first-order chi connectivity index (χ1) is 10.2. The molecule has 0 radical (unpaired) electrons. The SMILES string of the molecule is CO[C@@H]1CN[C@@H](c2nc(CC3CN(C)CCN3C)no2)C1. The molecule has 0 amide bonds. The predicted octanol–water partition coefficient (Wildman–Crippen LogP) is -0.0927. The smallest absolute Gasteiger partial charge is 0.243 e. The van der Waals surface area contributed by atoms with Crippen molar-refractivity contribution in [2.75, 3.05) is 47.4 Å². The molecule has 3 heterocycles. The third-order valence-electron chi connectivity index (χ3n) is 4.60. The standard InChI is InChI=1S/C14H25N5O2/c1-18-4-5-19(2)10(9-18)6-13-16-14(21-17-13)12-7-11(20-3)8-15-12/h10-12,15H,4-9H2,1-3H3/t10?,11-,12+/m0/s1. The van der Waals surface area contributed by atoms with E-state index < -0.39 is 0 Å². The molecule has 0 aromatic carbocycles. The van der Waals surface area contributed by atoms with Crippen molar-refractivity contribution in [2.24, 2.45) is 0 Å². The Kier molecular flexibility index (Phi) is 4.54. The minimum absolute atomic E-state index is 0.128. The summed E-state index contributed by atoms with van der Waals surface area (Å²) < 4.78 is 10.8. The van der Waals surface area contributed by atoms with Crippen molar-refractivity contribution in [1.82, 2.24) is 25.3 Å². The molecule has 0 aliphatic carbocycles. The van der Waals surface area contributed by atoms with E-state index in [1.807, 2.05) is 0 Å². The van der Waals surface area contributed by atoms with Crippen LogP contribution in [0, 0.1) is 0 Å². The van der Waals surface area contributed by atoms with Crippen LogP contribution in [0.25, 0.3) is 0 Å². The number of hydrogen-bond donors (Lipinski definition) is 1. The molecule has 1 aromatic heterocycles. The number of nitrogens with one attached hydrogen (secondary N) is 1. The molecule has 2 aliphatic heterocycles. The van der Waals surface area contributed by atoms with Crippen molar-refractivity contribution < 1.29 is 9.26 Å². The molecule has 3 atom stereocenters. The molecule has 1 N–H and O–H groups in total. The molecule has 1 aromatic rings. The van der Waals surface area contributed by atoms with Gasteiger partial charge < -0.3 is 24.4 Å². The van der Waals surface area contributed by atoms with E-state index in [0.29, 0.717) is 11.9 Å². The number of ether oxygens (including phenoxy) is 1. The zero-order valence-corrected chi connectivity index (χ0v) is 13.1. The van der Waals surface area contributed by atoms with E-state index in [-0.39, 0.29) is 12.1 Å². The molecule has 0 bridgehead atoms. The van der Waals surface area contributed by atoms with E-state index >= 15 is 0 Å². The minimum atomic E-state index is 0.128. The van der Waals surface area contributed by atoms with Crippen LogP contribution < -0.4 is 5.32 Å². The molecule has 2 aliphatic rings. The van der Waals surface area contributed by atoms with Gasteiger partial charge in [0.05, 0.1) is 12.1 Å². The molecule has 7 nitrogen and oxygen atoms in total. The first-order valence-electron chi connectivity index (χ1n) is 7.63. The summed E-state index contributed by atoms with van der Waals surface area (Å²) in [6.45, 7) is 4.10. The van der Waals surface area contributed by atoms with Crippen LogP contribution in [-0.2, 0) is 11.2 Å². The molecule has 0 spiro atoms. The number of rotatable bonds is 4. The molecule has 0 saturated carbocycles. The zero-order valence-electron chi connectivity index (χ0n) is 13.1. The highest BCUT2D eigenvalue weighted by Gasteiger charge is 2.30. The molecule has 7 heteroatoms. The lowest BCUT2D eigenvalue weighted by Gasteiger charge is -2.37. The summed E-state index contributed by atoms with van der Waals surface area (Å²) in [6, 6.07) is 0.584. The Labute approximate surface area is 125 Å². The second-order valence-corrected chi connectivity index (χ2v) is 6.20. The Bertz CT molecular complexity index is 466. The van der Waals surface area contributed by atoms with Crippen LogP contribution in [0.4, 0.5) is 0 Å². The lowest BCUT2D eigenvalue weighted by molar-refractivity contribution is 0.113. The normalized spacial score (nSPS) is 31.9. The summed E-state index contributed by atoms with van der Waals surface area (Å²) in [6.07, 6.45) is 1.97. The molecular weight excluding hydrogens is 270 g/mol. The van der Waals surface area contributed by atoms with Gasteiger partial charge in [0, 0.05) is 45.8 Å². The average molecular weight is 295 g/mol. The number of aromatic nitrogens is 2. The molecular formula is C14H25N5O2. The van der Waals surface area contributed by atoms with E-state index in [4.69, 9.17) is 9.26 Å². The second kappa shape index (κ2) is 6.39. The van der Waals surface area contributed by atoms with E-state index in [1.165, 1.54) is 0 Å². The van der Waals surface area contributed by atoms with Crippen LogP contribution in [0.3, 0.4) is 0 Å². The van der Waals surface area contributed by atoms with E-state index in [0.717, 1.165) is 44.8 Å². The van der Waals surface area contributed by atoms with Crippen molar-refractivity contribution >= 4 is 0 Å². The van der Waals surface area contributed by atoms with Crippen LogP contribution in [0.2, 0.25) is 0 Å². The predicted molar refractivity (Wildman–Crippen MR) is 78.1 cm³/mol. The van der Waals surface area contributed by atoms with Crippen molar-refractivity contribution in [3.05, 3.63) is 11.7 Å². The average Bonchev–Trinajstić information content (AvgIpc) is 3.11. The van der Waals surface area contributed by atoms with Crippen molar-refractivity contribution in [2.45, 2.75) is 31.0 Å². The van der Waals surface area contributed by atoms with Crippen LogP contribution in [0.5, 0.6) is 0 Å². The van der Waals surface area contributed by atoms with Gasteiger partial charge in [-0.25, -0.2) is 0 Å². The monoisotopic (exact) mass is 295 g/mol. The summed E-state index contributed by atoms with van der Waals surface area (Å²) in [7, 11) is 6.07. The highest BCUT2D eigenvalue weighted by molar-refractivity contribution is 4.99. The first-order valence-corrected chi connectivity index (χ1v) is 7.63. The molecule has 3 rings (SSSR count). The lowest BCUT2D eigenvalue weighted by atomic mass is 10.1. The number of piperazine rings is 1. The van der Waals surface area contributed by atoms with Crippen molar-refractivity contribution in [1.29, 1.82) is 0 Å². The van der Waals surface area contributed by atoms with E-state index in [2.05, 4.69) is 39.4 Å². The highest BCUT2D eigenvalue weighted by atomic mass is 16.5. The van der Waals surface area contributed by atoms with Gasteiger partial charge in [-0.05, 0) is 20.5 Å². The largest absolute Gasteiger partial charge is 0.380 e. The Morgan fingerprint density at radius 2 is 2.24 bits per heavy atom. The van der Waals surface area contributed by atoms with Gasteiger partial charge in [0.25, 0.3) is 0 Å². The number of likely N-dealkylation sites (N-methyl/N-ethyl adjacent to an activating group) is 2. The topological polar surface area (TPSA) is 66.7 Å². The maximum Gasteiger partial charge on any atom is 0.243 e. The maximum atomic E-state index is 5.43. The second-order valence-electron chi connectivity index (χ2n) is 6.20. The summed E-state index contributed by atoms with van der Waals surface area (Å²) in [5.74, 6) is 1.50. The van der Waals surface area contributed by atoms with Gasteiger partial charge in [-0.2, -0.15) is 4.98 Å². The molecule has 21 heavy (non-hydrogen) atoms. The van der Waals surface area contributed by atoms with Crippen molar-refractivity contribution in [3.8, 4) is 0 Å². The lowest BCUT2D eigenvalue weighted by Crippen LogP contribution is -2.50. The quantitative estimate of drug-likeness (QED) is 0.832. The fourth-order valence-electron chi connectivity index (χ4n) is 3.10. The maximum absolute atomic E-state index is 5.43. The fraction of sp³-hybridized carbons (Fsp3) is 0.857. The first kappa shape index (κ1) is 14.9. The van der Waals surface area contributed by atoms with Crippen molar-refractivity contribution in [3.63, 3.8) is 0 Å². The molecule has 2 fully saturated rings. The Morgan fingerprint density at radius 1 is 1.38 bits per heavy atom. The van der Waals surface area contributed by atoms with Crippen LogP contribution >= 0.6 is 0 Å². The summed E-state index contributed by atoms with van der Waals surface area (Å²) in [4.78, 5) is 9.31. The Hall–Kier alpha value is -1.02. The van der Waals surface area contributed by atoms with Crippen LogP contribution in [-0.4, -0.2) is 79.5 Å². The number of hydrogen-bond acceptors (Lipinski definition) is 7. The van der Waals surface area contributed by atoms with E-state index in [1.54, 1.807) is 7.11 Å². The third-order valence-corrected chi connectivity index (χ3v) is 4.60. The summed E-state index contributed by atoms with van der Waals surface area (Å²) in [5, 5.41) is 7.52. The van der Waals surface area contributed by atoms with Gasteiger partial charge >= 0.3 is 0 Å². The third kappa shape index (κ3) is 3.42. The van der Waals surface area contributed by atoms with Gasteiger partial charge in [0.1, 0.15) is 0 Å². The van der Waals surface area contributed by atoms with E-state index in [9.17, 15) is 0 Å². The number of methoxy groups -OCH3 is 1. The molecule has 118 valence electrons.